The molecule has 0 spiro atoms. The van der Waals surface area contributed by atoms with Crippen molar-refractivity contribution in [3.63, 3.8) is 0 Å². The van der Waals surface area contributed by atoms with E-state index in [4.69, 9.17) is 0 Å². The standard InChI is InChI=1S/C17H20N2O3/c1-18(2)19-14-4-3-5-15(21)17(14)13(10-16(19)22)11-6-8-12(20)9-7-11/h6-9,13,20H,3-5,10H2,1-2H3. The van der Waals surface area contributed by atoms with Crippen LogP contribution in [-0.4, -0.2) is 40.9 Å². The van der Waals surface area contributed by atoms with Gasteiger partial charge in [0.05, 0.1) is 0 Å². The Labute approximate surface area is 129 Å². The lowest BCUT2D eigenvalue weighted by atomic mass is 9.77. The summed E-state index contributed by atoms with van der Waals surface area (Å²) in [5.41, 5.74) is 2.52. The van der Waals surface area contributed by atoms with Gasteiger partial charge in [0, 0.05) is 44.1 Å². The molecule has 22 heavy (non-hydrogen) atoms. The highest BCUT2D eigenvalue weighted by Gasteiger charge is 2.39. The van der Waals surface area contributed by atoms with Crippen molar-refractivity contribution in [1.82, 2.24) is 10.0 Å². The largest absolute Gasteiger partial charge is 0.508 e. The molecule has 2 aliphatic rings. The minimum atomic E-state index is -0.202. The molecule has 0 aromatic heterocycles. The van der Waals surface area contributed by atoms with E-state index in [1.807, 2.05) is 14.1 Å². The molecule has 5 heteroatoms. The predicted molar refractivity (Wildman–Crippen MR) is 81.9 cm³/mol. The zero-order valence-electron chi connectivity index (χ0n) is 12.9. The first-order valence-electron chi connectivity index (χ1n) is 7.54. The van der Waals surface area contributed by atoms with Crippen molar-refractivity contribution in [2.45, 2.75) is 31.6 Å². The van der Waals surface area contributed by atoms with E-state index in [9.17, 15) is 14.7 Å². The molecule has 1 heterocycles. The number of hydrogen-bond donors (Lipinski definition) is 1. The van der Waals surface area contributed by atoms with Crippen LogP contribution in [0.1, 0.15) is 37.2 Å². The van der Waals surface area contributed by atoms with Crippen LogP contribution >= 0.6 is 0 Å². The minimum Gasteiger partial charge on any atom is -0.508 e. The number of aromatic hydroxyl groups is 1. The lowest BCUT2D eigenvalue weighted by molar-refractivity contribution is -0.143. The maximum absolute atomic E-state index is 12.5. The fraction of sp³-hybridized carbons (Fsp3) is 0.412. The van der Waals surface area contributed by atoms with E-state index in [1.54, 1.807) is 34.3 Å². The number of rotatable bonds is 2. The van der Waals surface area contributed by atoms with Crippen molar-refractivity contribution in [2.75, 3.05) is 14.1 Å². The second kappa shape index (κ2) is 5.57. The molecule has 1 atom stereocenters. The molecule has 1 aromatic carbocycles. The number of nitrogens with zero attached hydrogens (tertiary/aromatic N) is 2. The molecule has 1 N–H and O–H groups in total. The first-order chi connectivity index (χ1) is 10.5. The third kappa shape index (κ3) is 2.41. The first kappa shape index (κ1) is 14.8. The van der Waals surface area contributed by atoms with Gasteiger partial charge in [0.1, 0.15) is 5.75 Å². The van der Waals surface area contributed by atoms with Crippen molar-refractivity contribution < 1.29 is 14.7 Å². The monoisotopic (exact) mass is 300 g/mol. The Morgan fingerprint density at radius 3 is 2.45 bits per heavy atom. The quantitative estimate of drug-likeness (QED) is 0.909. The maximum Gasteiger partial charge on any atom is 0.242 e. The van der Waals surface area contributed by atoms with Crippen LogP contribution in [0.15, 0.2) is 35.5 Å². The first-order valence-corrected chi connectivity index (χ1v) is 7.54. The number of phenols is 1. The molecule has 1 aromatic rings. The molecule has 0 bridgehead atoms. The Balaban J connectivity index is 2.11. The third-order valence-electron chi connectivity index (χ3n) is 4.34. The molecular formula is C17H20N2O3. The average Bonchev–Trinajstić information content (AvgIpc) is 2.46. The third-order valence-corrected chi connectivity index (χ3v) is 4.34. The number of amides is 1. The molecule has 1 aliphatic carbocycles. The van der Waals surface area contributed by atoms with Crippen molar-refractivity contribution in [1.29, 1.82) is 0 Å². The zero-order valence-corrected chi connectivity index (χ0v) is 12.9. The maximum atomic E-state index is 12.5. The van der Waals surface area contributed by atoms with E-state index >= 15 is 0 Å². The summed E-state index contributed by atoms with van der Waals surface area (Å²) in [7, 11) is 3.64. The molecule has 0 radical (unpaired) electrons. The summed E-state index contributed by atoms with van der Waals surface area (Å²) in [5.74, 6) is 0.132. The van der Waals surface area contributed by atoms with Crippen LogP contribution in [0.4, 0.5) is 0 Å². The number of phenolic OH excluding ortho intramolecular Hbond substituents is 1. The van der Waals surface area contributed by atoms with Crippen LogP contribution in [0.2, 0.25) is 0 Å². The zero-order chi connectivity index (χ0) is 15.9. The number of allylic oxidation sites excluding steroid dienone is 2. The van der Waals surface area contributed by atoms with Crippen LogP contribution in [0.25, 0.3) is 0 Å². The summed E-state index contributed by atoms with van der Waals surface area (Å²) in [6, 6.07) is 6.80. The lowest BCUT2D eigenvalue weighted by Crippen LogP contribution is -2.47. The summed E-state index contributed by atoms with van der Waals surface area (Å²) >= 11 is 0. The van der Waals surface area contributed by atoms with Gasteiger partial charge in [0.25, 0.3) is 0 Å². The van der Waals surface area contributed by atoms with E-state index in [0.717, 1.165) is 29.7 Å². The molecule has 3 rings (SSSR count). The topological polar surface area (TPSA) is 60.9 Å². The van der Waals surface area contributed by atoms with Crippen molar-refractivity contribution in [3.8, 4) is 5.75 Å². The molecule has 1 unspecified atom stereocenters. The number of hydrazine groups is 1. The van der Waals surface area contributed by atoms with Gasteiger partial charge in [-0.25, -0.2) is 10.0 Å². The van der Waals surface area contributed by atoms with Gasteiger partial charge >= 0.3 is 0 Å². The van der Waals surface area contributed by atoms with Gasteiger partial charge < -0.3 is 5.11 Å². The highest BCUT2D eigenvalue weighted by molar-refractivity contribution is 6.01. The molecular weight excluding hydrogens is 280 g/mol. The van der Waals surface area contributed by atoms with Gasteiger partial charge in [-0.3, -0.25) is 9.59 Å². The van der Waals surface area contributed by atoms with Crippen molar-refractivity contribution in [2.24, 2.45) is 0 Å². The summed E-state index contributed by atoms with van der Waals surface area (Å²) in [6.07, 6.45) is 2.37. The lowest BCUT2D eigenvalue weighted by Gasteiger charge is -2.41. The van der Waals surface area contributed by atoms with Gasteiger partial charge in [-0.1, -0.05) is 12.1 Å². The highest BCUT2D eigenvalue weighted by atomic mass is 16.3. The predicted octanol–water partition coefficient (Wildman–Crippen LogP) is 2.19. The Morgan fingerprint density at radius 2 is 1.82 bits per heavy atom. The number of ketones is 1. The molecule has 0 saturated heterocycles. The minimum absolute atomic E-state index is 0.0107. The van der Waals surface area contributed by atoms with Crippen LogP contribution in [0.5, 0.6) is 5.75 Å². The number of benzene rings is 1. The second-order valence-electron chi connectivity index (χ2n) is 6.04. The molecule has 116 valence electrons. The molecule has 1 aliphatic heterocycles. The van der Waals surface area contributed by atoms with Crippen LogP contribution in [0, 0.1) is 0 Å². The van der Waals surface area contributed by atoms with Crippen molar-refractivity contribution in [3.05, 3.63) is 41.1 Å². The average molecular weight is 300 g/mol. The summed E-state index contributed by atoms with van der Waals surface area (Å²) in [5, 5.41) is 12.8. The van der Waals surface area contributed by atoms with E-state index in [2.05, 4.69) is 0 Å². The molecule has 0 saturated carbocycles. The fourth-order valence-corrected chi connectivity index (χ4v) is 3.43. The SMILES string of the molecule is CN(C)N1C(=O)CC(c2ccc(O)cc2)C2=C1CCCC2=O. The van der Waals surface area contributed by atoms with Crippen molar-refractivity contribution >= 4 is 11.7 Å². The molecule has 5 nitrogen and oxygen atoms in total. The molecule has 1 amide bonds. The normalized spacial score (nSPS) is 22.3. The number of hydrogen-bond acceptors (Lipinski definition) is 4. The van der Waals surface area contributed by atoms with E-state index in [-0.39, 0.29) is 29.8 Å². The van der Waals surface area contributed by atoms with Gasteiger partial charge in [-0.2, -0.15) is 0 Å². The van der Waals surface area contributed by atoms with Crippen LogP contribution in [0.3, 0.4) is 0 Å². The van der Waals surface area contributed by atoms with Gasteiger partial charge in [0.2, 0.25) is 5.91 Å². The van der Waals surface area contributed by atoms with Gasteiger partial charge in [0.15, 0.2) is 5.78 Å². The fourth-order valence-electron chi connectivity index (χ4n) is 3.43. The Morgan fingerprint density at radius 1 is 1.14 bits per heavy atom. The highest BCUT2D eigenvalue weighted by Crippen LogP contribution is 2.41. The summed E-state index contributed by atoms with van der Waals surface area (Å²) in [4.78, 5) is 25.0. The second-order valence-corrected chi connectivity index (χ2v) is 6.04. The van der Waals surface area contributed by atoms with Crippen LogP contribution in [-0.2, 0) is 9.59 Å². The Bertz CT molecular complexity index is 646. The summed E-state index contributed by atoms with van der Waals surface area (Å²) in [6.45, 7) is 0. The van der Waals surface area contributed by atoms with E-state index in [1.165, 1.54) is 0 Å². The van der Waals surface area contributed by atoms with E-state index in [0.29, 0.717) is 6.42 Å². The Hall–Kier alpha value is -2.14. The number of carbonyl (C=O) groups excluding carboxylic acids is 2. The van der Waals surface area contributed by atoms with Gasteiger partial charge in [-0.05, 0) is 30.5 Å². The Kier molecular flexibility index (Phi) is 3.74. The van der Waals surface area contributed by atoms with Gasteiger partial charge in [-0.15, -0.1) is 0 Å². The number of carbonyl (C=O) groups is 2. The molecule has 0 fully saturated rings. The van der Waals surface area contributed by atoms with E-state index < -0.39 is 0 Å². The smallest absolute Gasteiger partial charge is 0.242 e. The summed E-state index contributed by atoms with van der Waals surface area (Å²) < 4.78 is 0. The van der Waals surface area contributed by atoms with Crippen LogP contribution < -0.4 is 0 Å². The number of Topliss-reactive ketones (excluding diaryl/α,β-unsaturated/α-hetero) is 1.